The lowest BCUT2D eigenvalue weighted by Crippen LogP contribution is -2.57. The van der Waals surface area contributed by atoms with Crippen LogP contribution in [-0.4, -0.2) is 51.6 Å². The number of amides is 3. The minimum Gasteiger partial charge on any atom is -0.489 e. The summed E-state index contributed by atoms with van der Waals surface area (Å²) in [5, 5.41) is 17.1. The Morgan fingerprint density at radius 2 is 1.59 bits per heavy atom. The molecule has 1 aromatic heterocycles. The zero-order valence-corrected chi connectivity index (χ0v) is 36.5. The highest BCUT2D eigenvalue weighted by Crippen LogP contribution is 2.41. The fourth-order valence-corrected chi connectivity index (χ4v) is 8.23. The number of aryl methyl sites for hydroxylation is 1. The van der Waals surface area contributed by atoms with E-state index >= 15 is 0 Å². The summed E-state index contributed by atoms with van der Waals surface area (Å²) in [7, 11) is 0. The number of carboxylic acids is 1. The number of hydrogen-bond acceptors (Lipinski definition) is 7. The molecule has 3 amide bonds. The number of benzene rings is 5. The summed E-state index contributed by atoms with van der Waals surface area (Å²) >= 11 is 12.2. The van der Waals surface area contributed by atoms with Gasteiger partial charge in [-0.1, -0.05) is 96.0 Å². The largest absolute Gasteiger partial charge is 0.489 e. The lowest BCUT2D eigenvalue weighted by Gasteiger charge is -2.38. The van der Waals surface area contributed by atoms with Crippen molar-refractivity contribution in [3.05, 3.63) is 176 Å². The first-order valence-corrected chi connectivity index (χ1v) is 21.4. The highest BCUT2D eigenvalue weighted by molar-refractivity contribution is 6.42. The van der Waals surface area contributed by atoms with E-state index in [2.05, 4.69) is 15.6 Å². The van der Waals surface area contributed by atoms with Gasteiger partial charge in [0.05, 0.1) is 16.1 Å². The van der Waals surface area contributed by atoms with E-state index in [-0.39, 0.29) is 32.0 Å². The Bertz CT molecular complexity index is 2640. The molecule has 0 saturated heterocycles. The molecule has 13 heteroatoms. The van der Waals surface area contributed by atoms with Crippen molar-refractivity contribution in [1.29, 1.82) is 0 Å². The number of carbonyl (C=O) groups excluding carboxylic acids is 2. The third-order valence-corrected chi connectivity index (χ3v) is 12.4. The summed E-state index contributed by atoms with van der Waals surface area (Å²) < 4.78 is 18.7. The van der Waals surface area contributed by atoms with Crippen molar-refractivity contribution in [2.75, 3.05) is 6.61 Å². The van der Waals surface area contributed by atoms with Crippen LogP contribution in [0.15, 0.2) is 121 Å². The molecular weight excluding hydrogens is 839 g/mol. The van der Waals surface area contributed by atoms with Crippen LogP contribution in [0, 0.1) is 13.8 Å². The van der Waals surface area contributed by atoms with Crippen LogP contribution in [0.2, 0.25) is 10.0 Å². The van der Waals surface area contributed by atoms with Gasteiger partial charge in [-0.25, -0.2) is 9.59 Å². The average molecular weight is 886 g/mol. The molecule has 0 unspecified atom stereocenters. The molecule has 3 heterocycles. The topological polar surface area (TPSA) is 139 Å². The maximum atomic E-state index is 14.3. The first kappa shape index (κ1) is 43.1. The lowest BCUT2D eigenvalue weighted by molar-refractivity contribution is -0.142. The van der Waals surface area contributed by atoms with Gasteiger partial charge in [0.15, 0.2) is 17.6 Å². The molecule has 4 atom stereocenters. The van der Waals surface area contributed by atoms with Crippen molar-refractivity contribution >= 4 is 41.1 Å². The van der Waals surface area contributed by atoms with Crippen molar-refractivity contribution in [3.63, 3.8) is 0 Å². The zero-order chi connectivity index (χ0) is 44.2. The molecule has 3 N–H and O–H groups in total. The van der Waals surface area contributed by atoms with Crippen molar-refractivity contribution in [2.24, 2.45) is 0 Å². The Balaban J connectivity index is 0.987. The van der Waals surface area contributed by atoms with Gasteiger partial charge in [-0.05, 0) is 113 Å². The Labute approximate surface area is 375 Å². The molecular formula is C50H46Cl2N4O7. The summed E-state index contributed by atoms with van der Waals surface area (Å²) in [6.07, 6.45) is 1.53. The highest BCUT2D eigenvalue weighted by Gasteiger charge is 2.38. The number of pyridine rings is 1. The van der Waals surface area contributed by atoms with E-state index in [4.69, 9.17) is 37.4 Å². The maximum Gasteiger partial charge on any atom is 0.326 e. The summed E-state index contributed by atoms with van der Waals surface area (Å²) in [6, 6.07) is 32.7. The number of halogens is 2. The Morgan fingerprint density at radius 3 is 2.32 bits per heavy atom. The first-order valence-electron chi connectivity index (χ1n) is 20.7. The molecule has 2 aliphatic heterocycles. The van der Waals surface area contributed by atoms with Gasteiger partial charge in [0.1, 0.15) is 31.0 Å². The van der Waals surface area contributed by atoms with Crippen molar-refractivity contribution < 1.29 is 33.7 Å². The van der Waals surface area contributed by atoms with Crippen molar-refractivity contribution in [2.45, 2.75) is 71.0 Å². The average Bonchev–Trinajstić information content (AvgIpc) is 3.29. The standard InChI is InChI=1S/C50H46Cl2N4O7/c1-29-30(2)53-20-19-40(29)35-12-9-32(10-13-35)22-43(49(58)59)55-48(57)44-23-37-24-45-46(25-38(37)26-56(44)50(60)54-31(3)34-7-5-4-6-8-34)63-47(28-62-45)36-14-16-39(17-15-36)61-27-33-11-18-41(51)42(52)21-33/h4-21,24-25,31,43-44,47H,22-23,26-28H2,1-3H3,(H,54,60)(H,55,57)(H,58,59)/t31-,43+,44+,47+/m1/s1. The molecule has 0 spiro atoms. The molecule has 0 fully saturated rings. The zero-order valence-electron chi connectivity index (χ0n) is 34.9. The second kappa shape index (κ2) is 18.8. The molecule has 0 radical (unpaired) electrons. The summed E-state index contributed by atoms with van der Waals surface area (Å²) in [4.78, 5) is 46.9. The van der Waals surface area contributed by atoms with Crippen LogP contribution in [0.25, 0.3) is 11.1 Å². The number of carbonyl (C=O) groups is 3. The number of nitrogens with zero attached hydrogens (tertiary/aromatic N) is 2. The number of ether oxygens (including phenoxy) is 3. The molecule has 0 bridgehead atoms. The molecule has 322 valence electrons. The number of rotatable bonds is 12. The van der Waals surface area contributed by atoms with E-state index in [1.807, 2.05) is 124 Å². The van der Waals surface area contributed by atoms with Gasteiger partial charge in [-0.15, -0.1) is 0 Å². The molecule has 8 rings (SSSR count). The van der Waals surface area contributed by atoms with Crippen LogP contribution < -0.4 is 24.8 Å². The monoisotopic (exact) mass is 884 g/mol. The van der Waals surface area contributed by atoms with Crippen LogP contribution in [0.1, 0.15) is 63.7 Å². The van der Waals surface area contributed by atoms with Crippen LogP contribution in [0.3, 0.4) is 0 Å². The lowest BCUT2D eigenvalue weighted by atomic mass is 9.92. The van der Waals surface area contributed by atoms with Gasteiger partial charge in [-0.2, -0.15) is 0 Å². The fraction of sp³-hybridized carbons (Fsp3) is 0.240. The van der Waals surface area contributed by atoms with Gasteiger partial charge in [-0.3, -0.25) is 9.78 Å². The molecule has 5 aromatic carbocycles. The maximum absolute atomic E-state index is 14.3. The molecule has 2 aliphatic rings. The van der Waals surface area contributed by atoms with Gasteiger partial charge in [0.25, 0.3) is 0 Å². The number of urea groups is 1. The van der Waals surface area contributed by atoms with Gasteiger partial charge < -0.3 is 34.9 Å². The number of aliphatic carboxylic acids is 1. The summed E-state index contributed by atoms with van der Waals surface area (Å²) in [6.45, 7) is 6.48. The second-order valence-corrected chi connectivity index (χ2v) is 16.7. The van der Waals surface area contributed by atoms with E-state index < -0.39 is 36.1 Å². The Kier molecular flexibility index (Phi) is 12.9. The Morgan fingerprint density at radius 1 is 0.857 bits per heavy atom. The summed E-state index contributed by atoms with van der Waals surface area (Å²) in [5.74, 6) is -0.0562. The minimum atomic E-state index is -1.25. The number of carboxylic acid groups (broad SMARTS) is 1. The highest BCUT2D eigenvalue weighted by atomic mass is 35.5. The smallest absolute Gasteiger partial charge is 0.326 e. The van der Waals surface area contributed by atoms with E-state index in [0.717, 1.165) is 55.8 Å². The van der Waals surface area contributed by atoms with Gasteiger partial charge >= 0.3 is 12.0 Å². The molecule has 63 heavy (non-hydrogen) atoms. The van der Waals surface area contributed by atoms with Crippen molar-refractivity contribution in [1.82, 2.24) is 20.5 Å². The predicted molar refractivity (Wildman–Crippen MR) is 241 cm³/mol. The third kappa shape index (κ3) is 9.90. The number of aromatic nitrogens is 1. The number of nitrogens with one attached hydrogen (secondary N) is 2. The van der Waals surface area contributed by atoms with Crippen LogP contribution in [0.4, 0.5) is 4.79 Å². The minimum absolute atomic E-state index is 0.0462. The predicted octanol–water partition coefficient (Wildman–Crippen LogP) is 9.77. The number of hydrogen-bond donors (Lipinski definition) is 3. The van der Waals surface area contributed by atoms with E-state index in [1.165, 1.54) is 4.90 Å². The van der Waals surface area contributed by atoms with Crippen LogP contribution in [0.5, 0.6) is 17.2 Å². The van der Waals surface area contributed by atoms with Crippen molar-refractivity contribution in [3.8, 4) is 28.4 Å². The normalized spacial score (nSPS) is 16.3. The van der Waals surface area contributed by atoms with Gasteiger partial charge in [0.2, 0.25) is 5.91 Å². The molecule has 0 saturated carbocycles. The first-order chi connectivity index (χ1) is 30.4. The van der Waals surface area contributed by atoms with E-state index in [9.17, 15) is 19.5 Å². The van der Waals surface area contributed by atoms with E-state index in [1.54, 1.807) is 18.3 Å². The molecule has 11 nitrogen and oxygen atoms in total. The van der Waals surface area contributed by atoms with Crippen LogP contribution in [-0.2, 0) is 35.6 Å². The second-order valence-electron chi connectivity index (χ2n) is 15.9. The molecule has 0 aliphatic carbocycles. The summed E-state index contributed by atoms with van der Waals surface area (Å²) in [5.41, 5.74) is 9.01. The number of fused-ring (bicyclic) bond motifs is 2. The van der Waals surface area contributed by atoms with E-state index in [0.29, 0.717) is 33.9 Å². The SMILES string of the molecule is Cc1nccc(-c2ccc(C[C@H](NC(=O)[C@@H]3Cc4cc5c(cc4CN3C(=O)N[C@H](C)c3ccccc3)O[C@H](c3ccc(OCc4ccc(Cl)c(Cl)c4)cc3)CO5)C(=O)O)cc2)c1C. The van der Waals surface area contributed by atoms with Crippen LogP contribution >= 0.6 is 23.2 Å². The third-order valence-electron chi connectivity index (χ3n) is 11.7. The Hall–Kier alpha value is -6.56. The fourth-order valence-electron chi connectivity index (χ4n) is 7.91. The molecule has 6 aromatic rings. The quantitative estimate of drug-likeness (QED) is 0.110. The van der Waals surface area contributed by atoms with Gasteiger partial charge in [0, 0.05) is 31.3 Å².